The summed E-state index contributed by atoms with van der Waals surface area (Å²) in [6.07, 6.45) is 6.64. The van der Waals surface area contributed by atoms with Gasteiger partial charge >= 0.3 is 0 Å². The number of amides is 1. The summed E-state index contributed by atoms with van der Waals surface area (Å²) in [7, 11) is 4.30. The summed E-state index contributed by atoms with van der Waals surface area (Å²) in [5.41, 5.74) is 0.921. The molecule has 1 aromatic carbocycles. The van der Waals surface area contributed by atoms with Crippen molar-refractivity contribution in [3.8, 4) is 34.0 Å². The van der Waals surface area contributed by atoms with E-state index in [1.807, 2.05) is 0 Å². The molecule has 0 saturated carbocycles. The third kappa shape index (κ3) is 5.15. The molecule has 208 valence electrons. The van der Waals surface area contributed by atoms with Crippen LogP contribution in [0.25, 0.3) is 33.4 Å². The number of carbonyl (C=O) groups excluding carboxylic acids is 1. The molecule has 1 aliphatic heterocycles. The molecule has 1 saturated heterocycles. The highest BCUT2D eigenvalue weighted by atomic mass is 19.1. The lowest BCUT2D eigenvalue weighted by atomic mass is 10.0. The van der Waals surface area contributed by atoms with Crippen molar-refractivity contribution in [2.75, 3.05) is 32.8 Å². The SMILES string of the molecule is C=CC(=O)N[C@H]1CCOC[C@H]1Nc1ncc2cc(-c3c(F)c(OC)cc(OC)c3F)nc(-c3cnn(C)c3)c2n1. The van der Waals surface area contributed by atoms with E-state index in [0.717, 1.165) is 6.07 Å². The highest BCUT2D eigenvalue weighted by Gasteiger charge is 2.28. The number of rotatable bonds is 8. The average molecular weight is 552 g/mol. The Morgan fingerprint density at radius 3 is 2.55 bits per heavy atom. The Labute approximate surface area is 228 Å². The smallest absolute Gasteiger partial charge is 0.243 e. The molecule has 4 heterocycles. The fourth-order valence-electron chi connectivity index (χ4n) is 4.55. The first-order valence-electron chi connectivity index (χ1n) is 12.4. The van der Waals surface area contributed by atoms with E-state index in [2.05, 4.69) is 37.3 Å². The number of carbonyl (C=O) groups is 1. The maximum atomic E-state index is 15.4. The summed E-state index contributed by atoms with van der Waals surface area (Å²) in [6.45, 7) is 4.33. The van der Waals surface area contributed by atoms with Crippen LogP contribution in [0.3, 0.4) is 0 Å². The van der Waals surface area contributed by atoms with Gasteiger partial charge in [0.1, 0.15) is 11.2 Å². The average Bonchev–Trinajstić information content (AvgIpc) is 3.40. The molecule has 2 atom stereocenters. The molecule has 2 N–H and O–H groups in total. The molecule has 1 fully saturated rings. The Kier molecular flexibility index (Phi) is 7.56. The second-order valence-electron chi connectivity index (χ2n) is 9.11. The number of ether oxygens (including phenoxy) is 3. The highest BCUT2D eigenvalue weighted by Crippen LogP contribution is 2.39. The number of hydrogen-bond acceptors (Lipinski definition) is 9. The number of methoxy groups -OCH3 is 2. The number of aromatic nitrogens is 5. The second kappa shape index (κ2) is 11.2. The number of aryl methyl sites for hydroxylation is 1. The lowest BCUT2D eigenvalue weighted by Crippen LogP contribution is -2.52. The zero-order valence-corrected chi connectivity index (χ0v) is 22.1. The fraction of sp³-hybridized carbons (Fsp3) is 0.296. The molecule has 40 heavy (non-hydrogen) atoms. The third-order valence-electron chi connectivity index (χ3n) is 6.56. The molecule has 1 aliphatic rings. The van der Waals surface area contributed by atoms with E-state index in [9.17, 15) is 4.79 Å². The zero-order valence-electron chi connectivity index (χ0n) is 22.1. The molecule has 0 bridgehead atoms. The van der Waals surface area contributed by atoms with Crippen LogP contribution in [0.1, 0.15) is 6.42 Å². The van der Waals surface area contributed by atoms with E-state index < -0.39 is 17.2 Å². The van der Waals surface area contributed by atoms with Crippen molar-refractivity contribution in [3.05, 3.63) is 55.0 Å². The zero-order chi connectivity index (χ0) is 28.4. The number of nitrogens with zero attached hydrogens (tertiary/aromatic N) is 5. The van der Waals surface area contributed by atoms with Gasteiger partial charge in [0.25, 0.3) is 0 Å². The normalized spacial score (nSPS) is 16.9. The molecule has 0 unspecified atom stereocenters. The molecule has 0 radical (unpaired) electrons. The molecule has 0 spiro atoms. The van der Waals surface area contributed by atoms with Crippen LogP contribution in [-0.2, 0) is 16.6 Å². The monoisotopic (exact) mass is 551 g/mol. The van der Waals surface area contributed by atoms with Gasteiger partial charge in [-0.3, -0.25) is 9.48 Å². The van der Waals surface area contributed by atoms with E-state index in [1.165, 1.54) is 32.6 Å². The quantitative estimate of drug-likeness (QED) is 0.318. The number of fused-ring (bicyclic) bond motifs is 1. The molecular weight excluding hydrogens is 524 g/mol. The molecule has 0 aliphatic carbocycles. The van der Waals surface area contributed by atoms with Gasteiger partial charge in [-0.2, -0.15) is 5.10 Å². The number of nitrogens with one attached hydrogen (secondary N) is 2. The van der Waals surface area contributed by atoms with Gasteiger partial charge in [-0.15, -0.1) is 0 Å². The largest absolute Gasteiger partial charge is 0.494 e. The van der Waals surface area contributed by atoms with Gasteiger partial charge in [0.15, 0.2) is 23.1 Å². The highest BCUT2D eigenvalue weighted by molar-refractivity contribution is 5.94. The van der Waals surface area contributed by atoms with E-state index in [0.29, 0.717) is 41.8 Å². The van der Waals surface area contributed by atoms with Crippen molar-refractivity contribution in [1.82, 2.24) is 30.0 Å². The third-order valence-corrected chi connectivity index (χ3v) is 6.56. The number of benzene rings is 1. The molecule has 4 aromatic rings. The van der Waals surface area contributed by atoms with Crippen LogP contribution in [0.5, 0.6) is 11.5 Å². The summed E-state index contributed by atoms with van der Waals surface area (Å²) >= 11 is 0. The lowest BCUT2D eigenvalue weighted by molar-refractivity contribution is -0.117. The Morgan fingerprint density at radius 2 is 1.90 bits per heavy atom. The lowest BCUT2D eigenvalue weighted by Gasteiger charge is -2.32. The van der Waals surface area contributed by atoms with Crippen molar-refractivity contribution in [2.24, 2.45) is 7.05 Å². The predicted octanol–water partition coefficient (Wildman–Crippen LogP) is 3.26. The van der Waals surface area contributed by atoms with Crippen molar-refractivity contribution >= 4 is 22.8 Å². The van der Waals surface area contributed by atoms with E-state index in [4.69, 9.17) is 14.2 Å². The number of hydrogen-bond donors (Lipinski definition) is 2. The summed E-state index contributed by atoms with van der Waals surface area (Å²) in [6, 6.07) is 2.09. The van der Waals surface area contributed by atoms with Gasteiger partial charge in [-0.05, 0) is 18.6 Å². The summed E-state index contributed by atoms with van der Waals surface area (Å²) in [5.74, 6) is -2.26. The van der Waals surface area contributed by atoms with E-state index in [1.54, 1.807) is 24.1 Å². The second-order valence-corrected chi connectivity index (χ2v) is 9.11. The van der Waals surface area contributed by atoms with Crippen LogP contribution in [0.2, 0.25) is 0 Å². The van der Waals surface area contributed by atoms with Gasteiger partial charge in [0.05, 0.1) is 50.4 Å². The first-order chi connectivity index (χ1) is 19.3. The van der Waals surface area contributed by atoms with Gasteiger partial charge < -0.3 is 24.8 Å². The minimum Gasteiger partial charge on any atom is -0.494 e. The molecule has 3 aromatic heterocycles. The van der Waals surface area contributed by atoms with Crippen LogP contribution < -0.4 is 20.1 Å². The number of pyridine rings is 1. The van der Waals surface area contributed by atoms with E-state index in [-0.39, 0.29) is 41.1 Å². The summed E-state index contributed by atoms with van der Waals surface area (Å²) in [5, 5.41) is 10.8. The number of anilines is 1. The minimum absolute atomic E-state index is 0.00394. The van der Waals surface area contributed by atoms with Gasteiger partial charge in [0.2, 0.25) is 11.9 Å². The summed E-state index contributed by atoms with van der Waals surface area (Å²) < 4.78 is 48.2. The van der Waals surface area contributed by atoms with Crippen molar-refractivity contribution in [3.63, 3.8) is 0 Å². The van der Waals surface area contributed by atoms with Gasteiger partial charge in [-0.1, -0.05) is 6.58 Å². The molecular formula is C27H27F2N7O4. The Balaban J connectivity index is 1.62. The standard InChI is InChI=1S/C27H27F2N7O4/c1-5-21(37)32-16-6-7-40-13-18(16)34-27-30-10-14-8-17(22-23(28)19(38-3)9-20(39-4)24(22)29)33-26(25(14)35-27)15-11-31-36(2)12-15/h5,8-12,16,18H,1,6-7,13H2,2-4H3,(H,32,37)(H,30,34,35)/t16-,18+/m0/s1. The van der Waals surface area contributed by atoms with Crippen LogP contribution in [0.15, 0.2) is 43.4 Å². The van der Waals surface area contributed by atoms with E-state index >= 15 is 8.78 Å². The van der Waals surface area contributed by atoms with Crippen LogP contribution in [-0.4, -0.2) is 70.2 Å². The molecule has 5 rings (SSSR count). The molecule has 1 amide bonds. The molecule has 11 nitrogen and oxygen atoms in total. The van der Waals surface area contributed by atoms with Gasteiger partial charge in [-0.25, -0.2) is 23.7 Å². The Bertz CT molecular complexity index is 1560. The van der Waals surface area contributed by atoms with Gasteiger partial charge in [0, 0.05) is 43.1 Å². The van der Waals surface area contributed by atoms with Crippen LogP contribution >= 0.6 is 0 Å². The maximum absolute atomic E-state index is 15.4. The van der Waals surface area contributed by atoms with Crippen molar-refractivity contribution in [2.45, 2.75) is 18.5 Å². The first-order valence-corrected chi connectivity index (χ1v) is 12.4. The summed E-state index contributed by atoms with van der Waals surface area (Å²) in [4.78, 5) is 25.7. The fourth-order valence-corrected chi connectivity index (χ4v) is 4.55. The predicted molar refractivity (Wildman–Crippen MR) is 143 cm³/mol. The topological polar surface area (TPSA) is 125 Å². The Hall–Kier alpha value is -4.65. The number of halogens is 2. The Morgan fingerprint density at radius 1 is 1.15 bits per heavy atom. The molecule has 13 heteroatoms. The maximum Gasteiger partial charge on any atom is 0.243 e. The van der Waals surface area contributed by atoms with Crippen LogP contribution in [0, 0.1) is 11.6 Å². The minimum atomic E-state index is -0.922. The van der Waals surface area contributed by atoms with Crippen LogP contribution in [0.4, 0.5) is 14.7 Å². The first kappa shape index (κ1) is 26.9. The van der Waals surface area contributed by atoms with Crippen molar-refractivity contribution in [1.29, 1.82) is 0 Å². The van der Waals surface area contributed by atoms with Crippen molar-refractivity contribution < 1.29 is 27.8 Å².